The topological polar surface area (TPSA) is 35.5 Å². The Morgan fingerprint density at radius 2 is 1.89 bits per heavy atom. The Kier molecular flexibility index (Phi) is 6.92. The summed E-state index contributed by atoms with van der Waals surface area (Å²) in [6.07, 6.45) is 4.69. The smallest absolute Gasteiger partial charge is 0.438 e. The first-order valence-corrected chi connectivity index (χ1v) is 6.57. The van der Waals surface area contributed by atoms with Crippen LogP contribution in [0.2, 0.25) is 0 Å². The van der Waals surface area contributed by atoms with Crippen molar-refractivity contribution in [2.24, 2.45) is 0 Å². The van der Waals surface area contributed by atoms with Gasteiger partial charge in [0.15, 0.2) is 0 Å². The van der Waals surface area contributed by atoms with Gasteiger partial charge in [0.05, 0.1) is 7.11 Å². The van der Waals surface area contributed by atoms with Crippen molar-refractivity contribution in [2.75, 3.05) is 7.11 Å². The first-order chi connectivity index (χ1) is 8.77. The maximum Gasteiger partial charge on any atom is 0.508 e. The van der Waals surface area contributed by atoms with Crippen LogP contribution in [0.3, 0.4) is 0 Å². The van der Waals surface area contributed by atoms with Crippen LogP contribution in [0.25, 0.3) is 0 Å². The lowest BCUT2D eigenvalue weighted by molar-refractivity contribution is 0.0321. The van der Waals surface area contributed by atoms with Crippen molar-refractivity contribution in [3.8, 4) is 0 Å². The zero-order valence-electron chi connectivity index (χ0n) is 11.2. The summed E-state index contributed by atoms with van der Waals surface area (Å²) < 4.78 is 9.87. The predicted octanol–water partition coefficient (Wildman–Crippen LogP) is 4.48. The lowest BCUT2D eigenvalue weighted by Gasteiger charge is -2.17. The van der Waals surface area contributed by atoms with E-state index in [9.17, 15) is 4.79 Å². The standard InChI is InChI=1S/C15H22O3/c1-3-4-5-9-12-14(18-15(16)17-2)13-10-7-6-8-11-13/h6-8,10-11,14H,3-5,9,12H2,1-2H3. The molecule has 0 amide bonds. The molecule has 1 unspecified atom stereocenters. The molecule has 1 rings (SSSR count). The van der Waals surface area contributed by atoms with Crippen molar-refractivity contribution in [2.45, 2.75) is 45.1 Å². The lowest BCUT2D eigenvalue weighted by Crippen LogP contribution is -2.11. The molecule has 0 aromatic heterocycles. The van der Waals surface area contributed by atoms with Crippen LogP contribution >= 0.6 is 0 Å². The Labute approximate surface area is 109 Å². The van der Waals surface area contributed by atoms with Crippen molar-refractivity contribution in [1.29, 1.82) is 0 Å². The summed E-state index contributed by atoms with van der Waals surface area (Å²) >= 11 is 0. The Hall–Kier alpha value is -1.51. The zero-order valence-corrected chi connectivity index (χ0v) is 11.2. The van der Waals surface area contributed by atoms with Crippen molar-refractivity contribution in [1.82, 2.24) is 0 Å². The number of unbranched alkanes of at least 4 members (excludes halogenated alkanes) is 3. The summed E-state index contributed by atoms with van der Waals surface area (Å²) in [6.45, 7) is 2.18. The highest BCUT2D eigenvalue weighted by molar-refractivity contribution is 5.60. The number of hydrogen-bond acceptors (Lipinski definition) is 3. The van der Waals surface area contributed by atoms with Gasteiger partial charge in [-0.2, -0.15) is 0 Å². The average molecular weight is 250 g/mol. The number of ether oxygens (including phenoxy) is 2. The molecule has 0 spiro atoms. The van der Waals surface area contributed by atoms with E-state index in [1.54, 1.807) is 0 Å². The molecular weight excluding hydrogens is 228 g/mol. The maximum absolute atomic E-state index is 11.2. The number of methoxy groups -OCH3 is 1. The van der Waals surface area contributed by atoms with Crippen LogP contribution in [-0.4, -0.2) is 13.3 Å². The molecule has 3 heteroatoms. The first-order valence-electron chi connectivity index (χ1n) is 6.57. The average Bonchev–Trinajstić information content (AvgIpc) is 2.43. The fraction of sp³-hybridized carbons (Fsp3) is 0.533. The van der Waals surface area contributed by atoms with Gasteiger partial charge in [0.2, 0.25) is 0 Å². The van der Waals surface area contributed by atoms with E-state index >= 15 is 0 Å². The molecule has 1 atom stereocenters. The molecule has 100 valence electrons. The Morgan fingerprint density at radius 1 is 1.17 bits per heavy atom. The molecule has 0 saturated heterocycles. The quantitative estimate of drug-likeness (QED) is 0.528. The highest BCUT2D eigenvalue weighted by atomic mass is 16.7. The van der Waals surface area contributed by atoms with Gasteiger partial charge in [-0.3, -0.25) is 0 Å². The minimum absolute atomic E-state index is 0.199. The molecule has 0 N–H and O–H groups in total. The molecular formula is C15H22O3. The largest absolute Gasteiger partial charge is 0.508 e. The molecule has 18 heavy (non-hydrogen) atoms. The maximum atomic E-state index is 11.2. The van der Waals surface area contributed by atoms with Crippen molar-refractivity contribution >= 4 is 6.16 Å². The van der Waals surface area contributed by atoms with Crippen molar-refractivity contribution in [3.05, 3.63) is 35.9 Å². The zero-order chi connectivity index (χ0) is 13.2. The van der Waals surface area contributed by atoms with E-state index in [1.165, 1.54) is 26.4 Å². The number of benzene rings is 1. The monoisotopic (exact) mass is 250 g/mol. The van der Waals surface area contributed by atoms with Crippen LogP contribution in [0.5, 0.6) is 0 Å². The fourth-order valence-corrected chi connectivity index (χ4v) is 1.88. The van der Waals surface area contributed by atoms with Gasteiger partial charge < -0.3 is 9.47 Å². The van der Waals surface area contributed by atoms with Gasteiger partial charge in [-0.15, -0.1) is 0 Å². The molecule has 3 nitrogen and oxygen atoms in total. The summed E-state index contributed by atoms with van der Waals surface area (Å²) in [5.74, 6) is 0. The summed E-state index contributed by atoms with van der Waals surface area (Å²) in [5.41, 5.74) is 1.03. The van der Waals surface area contributed by atoms with Crippen LogP contribution in [0.15, 0.2) is 30.3 Å². The molecule has 1 aromatic carbocycles. The Balaban J connectivity index is 2.55. The van der Waals surface area contributed by atoms with E-state index < -0.39 is 6.16 Å². The molecule has 0 saturated carbocycles. The second-order valence-electron chi connectivity index (χ2n) is 4.32. The van der Waals surface area contributed by atoms with Crippen LogP contribution in [0.1, 0.15) is 50.7 Å². The molecule has 0 radical (unpaired) electrons. The van der Waals surface area contributed by atoms with Crippen LogP contribution in [0.4, 0.5) is 4.79 Å². The van der Waals surface area contributed by atoms with E-state index in [-0.39, 0.29) is 6.10 Å². The molecule has 0 aliphatic rings. The van der Waals surface area contributed by atoms with Gasteiger partial charge in [-0.25, -0.2) is 4.79 Å². The van der Waals surface area contributed by atoms with E-state index in [1.807, 2.05) is 30.3 Å². The van der Waals surface area contributed by atoms with Crippen LogP contribution in [0, 0.1) is 0 Å². The van der Waals surface area contributed by atoms with Gasteiger partial charge in [-0.1, -0.05) is 56.5 Å². The molecule has 1 aromatic rings. The molecule has 0 heterocycles. The second-order valence-corrected chi connectivity index (χ2v) is 4.32. The van der Waals surface area contributed by atoms with E-state index in [2.05, 4.69) is 11.7 Å². The van der Waals surface area contributed by atoms with Gasteiger partial charge in [0, 0.05) is 0 Å². The SMILES string of the molecule is CCCCCCC(OC(=O)OC)c1ccccc1. The number of carbonyl (C=O) groups excluding carboxylic acids is 1. The van der Waals surface area contributed by atoms with Gasteiger partial charge in [0.1, 0.15) is 6.10 Å². The third-order valence-electron chi connectivity index (χ3n) is 2.90. The summed E-state index contributed by atoms with van der Waals surface area (Å²) in [6, 6.07) is 9.82. The highest BCUT2D eigenvalue weighted by Crippen LogP contribution is 2.24. The third kappa shape index (κ3) is 5.21. The van der Waals surface area contributed by atoms with Crippen LogP contribution in [-0.2, 0) is 9.47 Å². The van der Waals surface area contributed by atoms with Crippen molar-refractivity contribution < 1.29 is 14.3 Å². The normalized spacial score (nSPS) is 11.9. The number of carbonyl (C=O) groups is 1. The Bertz CT molecular complexity index is 335. The molecule has 0 bridgehead atoms. The third-order valence-corrected chi connectivity index (χ3v) is 2.90. The van der Waals surface area contributed by atoms with E-state index in [4.69, 9.17) is 4.74 Å². The predicted molar refractivity (Wildman–Crippen MR) is 71.4 cm³/mol. The van der Waals surface area contributed by atoms with Gasteiger partial charge in [-0.05, 0) is 18.4 Å². The molecule has 0 aliphatic heterocycles. The number of rotatable bonds is 7. The van der Waals surface area contributed by atoms with E-state index in [0.29, 0.717) is 0 Å². The van der Waals surface area contributed by atoms with Crippen molar-refractivity contribution in [3.63, 3.8) is 0 Å². The minimum atomic E-state index is -0.612. The molecule has 0 fully saturated rings. The summed E-state index contributed by atoms with van der Waals surface area (Å²) in [4.78, 5) is 11.2. The van der Waals surface area contributed by atoms with Crippen LogP contribution < -0.4 is 0 Å². The van der Waals surface area contributed by atoms with Gasteiger partial charge in [0.25, 0.3) is 0 Å². The fourth-order valence-electron chi connectivity index (χ4n) is 1.88. The number of hydrogen-bond donors (Lipinski definition) is 0. The first kappa shape index (κ1) is 14.6. The minimum Gasteiger partial charge on any atom is -0.438 e. The van der Waals surface area contributed by atoms with E-state index in [0.717, 1.165) is 18.4 Å². The van der Waals surface area contributed by atoms with Gasteiger partial charge >= 0.3 is 6.16 Å². The highest BCUT2D eigenvalue weighted by Gasteiger charge is 2.16. The summed E-state index contributed by atoms with van der Waals surface area (Å²) in [5, 5.41) is 0. The lowest BCUT2D eigenvalue weighted by atomic mass is 10.0. The molecule has 0 aliphatic carbocycles. The second kappa shape index (κ2) is 8.56. The summed E-state index contributed by atoms with van der Waals surface area (Å²) in [7, 11) is 1.33. The Morgan fingerprint density at radius 3 is 2.50 bits per heavy atom.